The molecule has 6 heteroatoms. The van der Waals surface area contributed by atoms with E-state index < -0.39 is 5.97 Å². The first kappa shape index (κ1) is 16.8. The molecule has 0 amide bonds. The van der Waals surface area contributed by atoms with Crippen LogP contribution in [0.25, 0.3) is 0 Å². The first-order chi connectivity index (χ1) is 12.7. The van der Waals surface area contributed by atoms with Gasteiger partial charge in [-0.2, -0.15) is 0 Å². The van der Waals surface area contributed by atoms with Crippen LogP contribution in [0.5, 0.6) is 0 Å². The smallest absolute Gasteiger partial charge is 0.335 e. The summed E-state index contributed by atoms with van der Waals surface area (Å²) in [5.41, 5.74) is 4.18. The molecule has 2 aromatic carbocycles. The van der Waals surface area contributed by atoms with E-state index in [0.717, 1.165) is 44.2 Å². The highest BCUT2D eigenvalue weighted by molar-refractivity contribution is 6.13. The van der Waals surface area contributed by atoms with Crippen molar-refractivity contribution in [2.24, 2.45) is 4.99 Å². The Kier molecular flexibility index (Phi) is 4.69. The summed E-state index contributed by atoms with van der Waals surface area (Å²) in [6.07, 6.45) is 0. The fraction of sp³-hybridized carbons (Fsp3) is 0.300. The van der Waals surface area contributed by atoms with E-state index in [0.29, 0.717) is 12.2 Å². The Morgan fingerprint density at radius 2 is 1.92 bits per heavy atom. The molecule has 1 fully saturated rings. The molecule has 0 aliphatic carbocycles. The molecule has 26 heavy (non-hydrogen) atoms. The minimum Gasteiger partial charge on any atom is -0.478 e. The average Bonchev–Trinajstić information content (AvgIpc) is 3.00. The summed E-state index contributed by atoms with van der Waals surface area (Å²) in [5, 5.41) is 9.18. The van der Waals surface area contributed by atoms with Crippen LogP contribution in [-0.4, -0.2) is 61.2 Å². The molecule has 0 atom stereocenters. The van der Waals surface area contributed by atoms with E-state index in [2.05, 4.69) is 21.9 Å². The van der Waals surface area contributed by atoms with E-state index in [4.69, 9.17) is 9.73 Å². The highest BCUT2D eigenvalue weighted by Crippen LogP contribution is 2.30. The van der Waals surface area contributed by atoms with Crippen LogP contribution in [0.2, 0.25) is 0 Å². The second-order valence-electron chi connectivity index (χ2n) is 6.50. The van der Waals surface area contributed by atoms with Gasteiger partial charge >= 0.3 is 5.97 Å². The number of hydrogen-bond donors (Lipinski definition) is 1. The Bertz CT molecular complexity index is 844. The lowest BCUT2D eigenvalue weighted by atomic mass is 10.1. The third kappa shape index (κ3) is 3.47. The van der Waals surface area contributed by atoms with Crippen molar-refractivity contribution in [1.82, 2.24) is 4.90 Å². The minimum atomic E-state index is -0.937. The second kappa shape index (κ2) is 7.27. The molecule has 0 spiro atoms. The molecule has 0 unspecified atom stereocenters. The van der Waals surface area contributed by atoms with E-state index in [1.54, 1.807) is 18.2 Å². The van der Waals surface area contributed by atoms with Crippen LogP contribution in [0.3, 0.4) is 0 Å². The molecular weight excluding hydrogens is 330 g/mol. The summed E-state index contributed by atoms with van der Waals surface area (Å²) in [4.78, 5) is 20.6. The van der Waals surface area contributed by atoms with Crippen molar-refractivity contribution >= 4 is 23.1 Å². The molecule has 2 aliphatic rings. The van der Waals surface area contributed by atoms with Crippen molar-refractivity contribution in [1.29, 1.82) is 0 Å². The number of aliphatic imine (C=N–C) groups is 1. The Balaban J connectivity index is 1.61. The van der Waals surface area contributed by atoms with Gasteiger partial charge in [-0.15, -0.1) is 0 Å². The summed E-state index contributed by atoms with van der Waals surface area (Å²) in [7, 11) is 0. The van der Waals surface area contributed by atoms with Crippen molar-refractivity contribution in [2.75, 3.05) is 44.4 Å². The zero-order valence-corrected chi connectivity index (χ0v) is 14.5. The highest BCUT2D eigenvalue weighted by Gasteiger charge is 2.26. The molecule has 2 aromatic rings. The van der Waals surface area contributed by atoms with Gasteiger partial charge in [-0.25, -0.2) is 4.79 Å². The van der Waals surface area contributed by atoms with Crippen LogP contribution >= 0.6 is 0 Å². The maximum absolute atomic E-state index is 11.2. The monoisotopic (exact) mass is 351 g/mol. The topological polar surface area (TPSA) is 65.4 Å². The van der Waals surface area contributed by atoms with Gasteiger partial charge in [0.15, 0.2) is 0 Å². The number of carboxylic acid groups (broad SMARTS) is 1. The van der Waals surface area contributed by atoms with Gasteiger partial charge in [-0.05, 0) is 24.3 Å². The average molecular weight is 351 g/mol. The first-order valence-electron chi connectivity index (χ1n) is 8.76. The molecular formula is C20H21N3O3. The molecule has 1 N–H and O–H groups in total. The molecule has 0 radical (unpaired) electrons. The zero-order valence-electron chi connectivity index (χ0n) is 14.5. The summed E-state index contributed by atoms with van der Waals surface area (Å²) < 4.78 is 5.43. The second-order valence-corrected chi connectivity index (χ2v) is 6.50. The zero-order chi connectivity index (χ0) is 17.9. The van der Waals surface area contributed by atoms with Gasteiger partial charge in [0.2, 0.25) is 0 Å². The van der Waals surface area contributed by atoms with E-state index in [1.807, 2.05) is 18.2 Å². The number of fused-ring (bicyclic) bond motifs is 1. The summed E-state index contributed by atoms with van der Waals surface area (Å²) in [6.45, 7) is 4.98. The van der Waals surface area contributed by atoms with Gasteiger partial charge in [0.25, 0.3) is 0 Å². The fourth-order valence-electron chi connectivity index (χ4n) is 3.41. The molecule has 1 saturated heterocycles. The number of hydrogen-bond acceptors (Lipinski definition) is 5. The Morgan fingerprint density at radius 1 is 1.12 bits per heavy atom. The van der Waals surface area contributed by atoms with Crippen LogP contribution in [0.15, 0.2) is 53.5 Å². The maximum atomic E-state index is 11.2. The number of anilines is 1. The number of carboxylic acids is 1. The van der Waals surface area contributed by atoms with Gasteiger partial charge in [0.05, 0.1) is 43.4 Å². The first-order valence-corrected chi connectivity index (χ1v) is 8.76. The SMILES string of the molecule is O=C(O)c1cccc(N=C2CN(CN3CCOCC3)c3ccccc32)c1. The van der Waals surface area contributed by atoms with Gasteiger partial charge in [0, 0.05) is 24.3 Å². The molecule has 134 valence electrons. The van der Waals surface area contributed by atoms with Gasteiger partial charge in [-0.3, -0.25) is 9.89 Å². The molecule has 0 aromatic heterocycles. The number of rotatable bonds is 4. The minimum absolute atomic E-state index is 0.253. The number of morpholine rings is 1. The molecule has 6 nitrogen and oxygen atoms in total. The van der Waals surface area contributed by atoms with E-state index in [9.17, 15) is 9.90 Å². The number of carbonyl (C=O) groups is 1. The quantitative estimate of drug-likeness (QED) is 0.917. The van der Waals surface area contributed by atoms with Crippen LogP contribution < -0.4 is 4.90 Å². The van der Waals surface area contributed by atoms with Crippen molar-refractivity contribution in [2.45, 2.75) is 0 Å². The number of benzene rings is 2. The molecule has 4 rings (SSSR count). The Hall–Kier alpha value is -2.70. The number of para-hydroxylation sites is 1. The van der Waals surface area contributed by atoms with E-state index >= 15 is 0 Å². The molecule has 0 saturated carbocycles. The van der Waals surface area contributed by atoms with E-state index in [1.165, 1.54) is 5.69 Å². The number of aromatic carboxylic acids is 1. The normalized spacial score (nSPS) is 18.9. The lowest BCUT2D eigenvalue weighted by Gasteiger charge is -2.31. The van der Waals surface area contributed by atoms with Crippen molar-refractivity contribution < 1.29 is 14.6 Å². The van der Waals surface area contributed by atoms with Crippen LogP contribution in [0.4, 0.5) is 11.4 Å². The summed E-state index contributed by atoms with van der Waals surface area (Å²) in [6, 6.07) is 15.0. The van der Waals surface area contributed by atoms with Crippen molar-refractivity contribution in [3.8, 4) is 0 Å². The Labute approximate surface area is 152 Å². The number of ether oxygens (including phenoxy) is 1. The third-order valence-electron chi connectivity index (χ3n) is 4.73. The lowest BCUT2D eigenvalue weighted by molar-refractivity contribution is 0.0384. The lowest BCUT2D eigenvalue weighted by Crippen LogP contribution is -2.44. The molecule has 0 bridgehead atoms. The standard InChI is InChI=1S/C20H21N3O3/c24-20(25)15-4-3-5-16(12-15)21-18-13-23(14-22-8-10-26-11-9-22)19-7-2-1-6-17(18)19/h1-7,12H,8-11,13-14H2,(H,24,25). The number of nitrogens with zero attached hydrogens (tertiary/aromatic N) is 3. The van der Waals surface area contributed by atoms with Crippen LogP contribution in [0, 0.1) is 0 Å². The summed E-state index contributed by atoms with van der Waals surface area (Å²) >= 11 is 0. The third-order valence-corrected chi connectivity index (χ3v) is 4.73. The van der Waals surface area contributed by atoms with Gasteiger partial charge in [-0.1, -0.05) is 24.3 Å². The molecule has 2 heterocycles. The van der Waals surface area contributed by atoms with Crippen molar-refractivity contribution in [3.63, 3.8) is 0 Å². The molecule has 2 aliphatic heterocycles. The van der Waals surface area contributed by atoms with Gasteiger partial charge < -0.3 is 14.7 Å². The van der Waals surface area contributed by atoms with Crippen LogP contribution in [-0.2, 0) is 4.74 Å². The van der Waals surface area contributed by atoms with E-state index in [-0.39, 0.29) is 5.56 Å². The summed E-state index contributed by atoms with van der Waals surface area (Å²) in [5.74, 6) is -0.937. The van der Waals surface area contributed by atoms with Crippen LogP contribution in [0.1, 0.15) is 15.9 Å². The van der Waals surface area contributed by atoms with Crippen molar-refractivity contribution in [3.05, 3.63) is 59.7 Å². The predicted octanol–water partition coefficient (Wildman–Crippen LogP) is 2.62. The maximum Gasteiger partial charge on any atom is 0.335 e. The highest BCUT2D eigenvalue weighted by atomic mass is 16.5. The largest absolute Gasteiger partial charge is 0.478 e. The predicted molar refractivity (Wildman–Crippen MR) is 101 cm³/mol. The fourth-order valence-corrected chi connectivity index (χ4v) is 3.41. The Morgan fingerprint density at radius 3 is 2.73 bits per heavy atom. The van der Waals surface area contributed by atoms with Gasteiger partial charge in [0.1, 0.15) is 0 Å².